The van der Waals surface area contributed by atoms with Gasteiger partial charge in [-0.05, 0) is 0 Å². The summed E-state index contributed by atoms with van der Waals surface area (Å²) < 4.78 is 108. The SMILES string of the molecule is [Bi+3].[Bi+3].[O-]B([O-])OC(F)=C(F)F.[O-]B([O-])OC(F)=C(F)F.[O-]B([O-])OC(F)=C(F)F. The normalized spacial score (nSPS) is 7.97. The maximum absolute atomic E-state index is 11.3. The third-order valence-electron chi connectivity index (χ3n) is 1.04. The molecule has 0 saturated carbocycles. The molecule has 0 heterocycles. The van der Waals surface area contributed by atoms with Crippen LogP contribution in [0.1, 0.15) is 0 Å². The van der Waals surface area contributed by atoms with Gasteiger partial charge in [-0.1, -0.05) is 0 Å². The van der Waals surface area contributed by atoms with Gasteiger partial charge in [-0.15, -0.1) is 0 Å². The van der Waals surface area contributed by atoms with Crippen molar-refractivity contribution in [2.45, 2.75) is 0 Å². The number of hydrogen-bond acceptors (Lipinski definition) is 9. The van der Waals surface area contributed by atoms with E-state index >= 15 is 0 Å². The van der Waals surface area contributed by atoms with Crippen molar-refractivity contribution < 1.29 is 83.6 Å². The first kappa shape index (κ1) is 39.2. The summed E-state index contributed by atoms with van der Waals surface area (Å²) in [7, 11) is -9.15. The molecule has 0 aliphatic carbocycles. The van der Waals surface area contributed by atoms with Gasteiger partial charge in [0.1, 0.15) is 22.0 Å². The van der Waals surface area contributed by atoms with Gasteiger partial charge < -0.3 is 44.1 Å². The fraction of sp³-hybridized carbons (Fsp3) is 0. The van der Waals surface area contributed by atoms with Crippen LogP contribution in [0.25, 0.3) is 0 Å². The molecule has 0 spiro atoms. The average molecular weight is 837 g/mol. The molecule has 0 fully saturated rings. The van der Waals surface area contributed by atoms with E-state index in [1.54, 1.807) is 0 Å². The summed E-state index contributed by atoms with van der Waals surface area (Å²) in [5, 5.41) is 55.5. The Hall–Kier alpha value is -0.289. The van der Waals surface area contributed by atoms with Crippen molar-refractivity contribution >= 4 is 74.4 Å². The Kier molecular flexibility index (Phi) is 30.3. The van der Waals surface area contributed by atoms with Crippen molar-refractivity contribution in [3.63, 3.8) is 0 Å². The van der Waals surface area contributed by atoms with Gasteiger partial charge in [0.2, 0.25) is 0 Å². The molecule has 29 heavy (non-hydrogen) atoms. The van der Waals surface area contributed by atoms with Crippen LogP contribution in [0.5, 0.6) is 0 Å². The van der Waals surface area contributed by atoms with Crippen LogP contribution in [0.4, 0.5) is 39.5 Å². The van der Waals surface area contributed by atoms with Crippen molar-refractivity contribution in [1.29, 1.82) is 0 Å². The predicted molar refractivity (Wildman–Crippen MR) is 63.1 cm³/mol. The summed E-state index contributed by atoms with van der Waals surface area (Å²) in [4.78, 5) is 0. The first-order valence-electron chi connectivity index (χ1n) is 5.18. The van der Waals surface area contributed by atoms with E-state index in [9.17, 15) is 69.7 Å². The Bertz CT molecular complexity index is 443. The van der Waals surface area contributed by atoms with Crippen LogP contribution in [0.3, 0.4) is 0 Å². The van der Waals surface area contributed by atoms with E-state index in [4.69, 9.17) is 0 Å². The van der Waals surface area contributed by atoms with Gasteiger partial charge in [-0.3, -0.25) is 0 Å². The molecule has 0 aliphatic heterocycles. The van der Waals surface area contributed by atoms with E-state index in [1.165, 1.54) is 0 Å². The Morgan fingerprint density at radius 2 is 0.552 bits per heavy atom. The molecule has 0 aromatic carbocycles. The zero-order valence-corrected chi connectivity index (χ0v) is 19.7. The van der Waals surface area contributed by atoms with Crippen molar-refractivity contribution in [2.24, 2.45) is 0 Å². The number of halogens is 9. The molecule has 0 rings (SSSR count). The van der Waals surface area contributed by atoms with Crippen molar-refractivity contribution in [2.75, 3.05) is 0 Å². The quantitative estimate of drug-likeness (QED) is 0.146. The molecule has 0 bridgehead atoms. The van der Waals surface area contributed by atoms with Crippen LogP contribution in [0.15, 0.2) is 36.3 Å². The minimum absolute atomic E-state index is 0. The van der Waals surface area contributed by atoms with Crippen LogP contribution < -0.4 is 30.1 Å². The number of hydrogen-bond donors (Lipinski definition) is 0. The molecule has 9 nitrogen and oxygen atoms in total. The van der Waals surface area contributed by atoms with Crippen LogP contribution in [0.2, 0.25) is 0 Å². The Morgan fingerprint density at radius 3 is 0.586 bits per heavy atom. The van der Waals surface area contributed by atoms with Crippen LogP contribution in [-0.2, 0) is 14.0 Å². The molecule has 0 aliphatic rings. The molecule has 23 heteroatoms. The minimum Gasteiger partial charge on any atom is -0.860 e. The first-order valence-corrected chi connectivity index (χ1v) is 5.18. The maximum atomic E-state index is 11.3. The average Bonchev–Trinajstić information content (AvgIpc) is 2.46. The van der Waals surface area contributed by atoms with E-state index in [0.29, 0.717) is 0 Å². The summed E-state index contributed by atoms with van der Waals surface area (Å²) in [6.07, 6.45) is -8.44. The predicted octanol–water partition coefficient (Wildman–Crippen LogP) is -4.53. The molecular formula is C6B3Bi2F9O9. The van der Waals surface area contributed by atoms with Gasteiger partial charge in [0.25, 0.3) is 0 Å². The molecule has 160 valence electrons. The second-order valence-corrected chi connectivity index (χ2v) is 2.82. The van der Waals surface area contributed by atoms with Gasteiger partial charge in [-0.2, -0.15) is 39.5 Å². The molecular weight excluding hydrogens is 837 g/mol. The number of rotatable bonds is 6. The van der Waals surface area contributed by atoms with Crippen molar-refractivity contribution in [3.8, 4) is 0 Å². The van der Waals surface area contributed by atoms with Crippen LogP contribution >= 0.6 is 0 Å². The third-order valence-corrected chi connectivity index (χ3v) is 1.04. The second kappa shape index (κ2) is 22.4. The fourth-order valence-electron chi connectivity index (χ4n) is 0.387. The smallest absolute Gasteiger partial charge is 0.860 e. The minimum atomic E-state index is -3.05. The topological polar surface area (TPSA) is 166 Å². The Morgan fingerprint density at radius 1 is 0.414 bits per heavy atom. The Balaban J connectivity index is -0.0000000960. The fourth-order valence-corrected chi connectivity index (χ4v) is 0.387. The maximum Gasteiger partial charge on any atom is 3.00 e. The van der Waals surface area contributed by atoms with E-state index < -0.39 is 58.2 Å². The molecule has 0 amide bonds. The zero-order chi connectivity index (χ0) is 22.3. The Labute approximate surface area is 193 Å². The van der Waals surface area contributed by atoms with Gasteiger partial charge in [-0.25, -0.2) is 0 Å². The largest absolute Gasteiger partial charge is 3.00 e. The van der Waals surface area contributed by atoms with Crippen LogP contribution in [-0.4, -0.2) is 74.4 Å². The third kappa shape index (κ3) is 32.6. The summed E-state index contributed by atoms with van der Waals surface area (Å²) in [6, 6.07) is -7.24. The monoisotopic (exact) mass is 838 g/mol. The van der Waals surface area contributed by atoms with Gasteiger partial charge in [0.15, 0.2) is 0 Å². The van der Waals surface area contributed by atoms with E-state index in [0.717, 1.165) is 0 Å². The van der Waals surface area contributed by atoms with E-state index in [1.807, 2.05) is 0 Å². The van der Waals surface area contributed by atoms with Gasteiger partial charge in [0.05, 0.1) is 0 Å². The zero-order valence-electron chi connectivity index (χ0n) is 12.7. The first-order chi connectivity index (χ1) is 12.1. The van der Waals surface area contributed by atoms with Crippen molar-refractivity contribution in [1.82, 2.24) is 0 Å². The molecule has 4 radical (unpaired) electrons. The molecule has 0 atom stereocenters. The summed E-state index contributed by atoms with van der Waals surface area (Å²) in [5.41, 5.74) is 0. The molecule has 0 N–H and O–H groups in total. The van der Waals surface area contributed by atoms with E-state index in [2.05, 4.69) is 14.0 Å². The van der Waals surface area contributed by atoms with Gasteiger partial charge >= 0.3 is 88.7 Å². The van der Waals surface area contributed by atoms with Gasteiger partial charge in [0, 0.05) is 0 Å². The molecule has 0 aromatic rings. The summed E-state index contributed by atoms with van der Waals surface area (Å²) in [6.45, 7) is 0. The van der Waals surface area contributed by atoms with Crippen molar-refractivity contribution in [3.05, 3.63) is 36.3 Å². The second-order valence-electron chi connectivity index (χ2n) is 2.82. The summed E-state index contributed by atoms with van der Waals surface area (Å²) in [5.74, 6) is 0. The summed E-state index contributed by atoms with van der Waals surface area (Å²) >= 11 is 0. The molecule has 0 unspecified atom stereocenters. The van der Waals surface area contributed by atoms with Crippen LogP contribution in [0, 0.1) is 0 Å². The molecule has 0 saturated heterocycles. The molecule has 0 aromatic heterocycles. The van der Waals surface area contributed by atoms with E-state index in [-0.39, 0.29) is 52.4 Å². The standard InChI is InChI=1S/3C2BF3O3.2Bi/c3*4-1(5)2(6)9-3(7)8;;/q3*-2;2*+3.